The average Bonchev–Trinajstić information content (AvgIpc) is 2.31. The molecule has 0 aliphatic rings. The predicted molar refractivity (Wildman–Crippen MR) is 62.0 cm³/mol. The second-order valence-corrected chi connectivity index (χ2v) is 3.72. The topological polar surface area (TPSA) is 55.2 Å². The first-order valence-corrected chi connectivity index (χ1v) is 5.36. The van der Waals surface area contributed by atoms with Crippen molar-refractivity contribution in [3.8, 4) is 11.6 Å². The highest BCUT2D eigenvalue weighted by atomic mass is 35.5. The molecule has 84 valence electrons. The van der Waals surface area contributed by atoms with Crippen LogP contribution < -0.4 is 4.74 Å². The third-order valence-electron chi connectivity index (χ3n) is 2.12. The molecule has 0 aliphatic heterocycles. The van der Waals surface area contributed by atoms with E-state index in [2.05, 4.69) is 9.97 Å². The van der Waals surface area contributed by atoms with Gasteiger partial charge in [0.2, 0.25) is 5.88 Å². The lowest BCUT2D eigenvalue weighted by Crippen LogP contribution is -1.99. The van der Waals surface area contributed by atoms with Crippen LogP contribution in [0.25, 0.3) is 10.9 Å². The molecule has 0 saturated heterocycles. The zero-order valence-corrected chi connectivity index (χ0v) is 9.53. The summed E-state index contributed by atoms with van der Waals surface area (Å²) < 4.78 is 5.46. The number of hydrogen-bond donors (Lipinski definition) is 1. The largest absolute Gasteiger partial charge is 0.506 e. The van der Waals surface area contributed by atoms with Crippen LogP contribution in [-0.4, -0.2) is 21.7 Å². The van der Waals surface area contributed by atoms with Gasteiger partial charge in [-0.1, -0.05) is 18.5 Å². The van der Waals surface area contributed by atoms with E-state index in [-0.39, 0.29) is 5.75 Å². The molecule has 16 heavy (non-hydrogen) atoms. The number of nitrogens with zero attached hydrogens (tertiary/aromatic N) is 2. The minimum absolute atomic E-state index is 0.0724. The van der Waals surface area contributed by atoms with Crippen LogP contribution in [0.15, 0.2) is 18.5 Å². The molecule has 0 saturated carbocycles. The Morgan fingerprint density at radius 1 is 1.38 bits per heavy atom. The molecule has 2 aromatic rings. The van der Waals surface area contributed by atoms with E-state index in [0.717, 1.165) is 6.42 Å². The average molecular weight is 239 g/mol. The van der Waals surface area contributed by atoms with Crippen molar-refractivity contribution >= 4 is 22.5 Å². The number of aromatic hydroxyl groups is 1. The highest BCUT2D eigenvalue weighted by Crippen LogP contribution is 2.34. The Morgan fingerprint density at radius 3 is 2.94 bits per heavy atom. The number of hydrogen-bond acceptors (Lipinski definition) is 4. The third-order valence-corrected chi connectivity index (χ3v) is 2.44. The summed E-state index contributed by atoms with van der Waals surface area (Å²) in [5.41, 5.74) is 0.411. The highest BCUT2D eigenvalue weighted by Gasteiger charge is 2.11. The van der Waals surface area contributed by atoms with Gasteiger partial charge in [-0.2, -0.15) is 0 Å². The maximum absolute atomic E-state index is 9.64. The standard InChI is InChI=1S/C11H11ClN2O2/c1-2-5-16-11-9-7(12)3-4-8(15)10(9)13-6-14-11/h3-4,6,15H,2,5H2,1H3. The van der Waals surface area contributed by atoms with Gasteiger partial charge < -0.3 is 9.84 Å². The molecule has 0 unspecified atom stereocenters. The van der Waals surface area contributed by atoms with Gasteiger partial charge >= 0.3 is 0 Å². The summed E-state index contributed by atoms with van der Waals surface area (Å²) in [6, 6.07) is 3.10. The minimum Gasteiger partial charge on any atom is -0.506 e. The summed E-state index contributed by atoms with van der Waals surface area (Å²) in [6.07, 6.45) is 2.23. The van der Waals surface area contributed by atoms with Gasteiger partial charge in [0.1, 0.15) is 17.6 Å². The molecular weight excluding hydrogens is 228 g/mol. The molecule has 0 atom stereocenters. The Kier molecular flexibility index (Phi) is 3.10. The molecule has 0 bridgehead atoms. The summed E-state index contributed by atoms with van der Waals surface area (Å²) in [7, 11) is 0. The summed E-state index contributed by atoms with van der Waals surface area (Å²) in [5, 5.41) is 10.7. The van der Waals surface area contributed by atoms with Gasteiger partial charge in [-0.3, -0.25) is 0 Å². The Bertz CT molecular complexity index is 517. The van der Waals surface area contributed by atoms with Crippen LogP contribution in [0.4, 0.5) is 0 Å². The Balaban J connectivity index is 2.61. The van der Waals surface area contributed by atoms with Crippen molar-refractivity contribution < 1.29 is 9.84 Å². The fraction of sp³-hybridized carbons (Fsp3) is 0.273. The lowest BCUT2D eigenvalue weighted by atomic mass is 10.2. The maximum atomic E-state index is 9.64. The summed E-state index contributed by atoms with van der Waals surface area (Å²) in [4.78, 5) is 8.00. The molecule has 0 aliphatic carbocycles. The van der Waals surface area contributed by atoms with E-state index >= 15 is 0 Å². The molecule has 1 aromatic carbocycles. The molecule has 4 nitrogen and oxygen atoms in total. The van der Waals surface area contributed by atoms with Gasteiger partial charge in [0.25, 0.3) is 0 Å². The lowest BCUT2D eigenvalue weighted by Gasteiger charge is -2.08. The van der Waals surface area contributed by atoms with Crippen molar-refractivity contribution in [3.63, 3.8) is 0 Å². The fourth-order valence-electron chi connectivity index (χ4n) is 1.40. The van der Waals surface area contributed by atoms with Crippen molar-refractivity contribution in [3.05, 3.63) is 23.5 Å². The Hall–Kier alpha value is -1.55. The summed E-state index contributed by atoms with van der Waals surface area (Å²) >= 11 is 6.04. The zero-order valence-electron chi connectivity index (χ0n) is 8.77. The molecular formula is C11H11ClN2O2. The summed E-state index contributed by atoms with van der Waals surface area (Å²) in [5.74, 6) is 0.482. The monoisotopic (exact) mass is 238 g/mol. The first-order chi connectivity index (χ1) is 7.74. The number of rotatable bonds is 3. The molecule has 0 amide bonds. The van der Waals surface area contributed by atoms with Crippen molar-refractivity contribution in [1.82, 2.24) is 9.97 Å². The molecule has 5 heteroatoms. The van der Waals surface area contributed by atoms with Crippen molar-refractivity contribution in [1.29, 1.82) is 0 Å². The van der Waals surface area contributed by atoms with Crippen LogP contribution >= 0.6 is 11.6 Å². The molecule has 1 heterocycles. The molecule has 0 spiro atoms. The number of benzene rings is 1. The molecule has 1 N–H and O–H groups in total. The fourth-order valence-corrected chi connectivity index (χ4v) is 1.63. The lowest BCUT2D eigenvalue weighted by molar-refractivity contribution is 0.309. The molecule has 0 radical (unpaired) electrons. The van der Waals surface area contributed by atoms with Gasteiger partial charge in [-0.25, -0.2) is 9.97 Å². The second kappa shape index (κ2) is 4.53. The minimum atomic E-state index is 0.0724. The predicted octanol–water partition coefficient (Wildman–Crippen LogP) is 2.78. The van der Waals surface area contributed by atoms with Gasteiger partial charge in [0.05, 0.1) is 17.0 Å². The third kappa shape index (κ3) is 1.88. The van der Waals surface area contributed by atoms with Crippen LogP contribution in [0.1, 0.15) is 13.3 Å². The van der Waals surface area contributed by atoms with Crippen molar-refractivity contribution in [2.75, 3.05) is 6.61 Å². The van der Waals surface area contributed by atoms with Crippen LogP contribution in [0.2, 0.25) is 5.02 Å². The van der Waals surface area contributed by atoms with Crippen molar-refractivity contribution in [2.45, 2.75) is 13.3 Å². The van der Waals surface area contributed by atoms with E-state index in [0.29, 0.717) is 28.4 Å². The Labute approximate surface area is 97.9 Å². The highest BCUT2D eigenvalue weighted by molar-refractivity contribution is 6.36. The van der Waals surface area contributed by atoms with Gasteiger partial charge in [-0.05, 0) is 18.6 Å². The number of phenols is 1. The van der Waals surface area contributed by atoms with E-state index < -0.39 is 0 Å². The molecule has 2 rings (SSSR count). The second-order valence-electron chi connectivity index (χ2n) is 3.32. The van der Waals surface area contributed by atoms with Crippen LogP contribution in [0.3, 0.4) is 0 Å². The van der Waals surface area contributed by atoms with E-state index in [1.807, 2.05) is 6.92 Å². The molecule has 1 aromatic heterocycles. The first-order valence-electron chi connectivity index (χ1n) is 4.99. The van der Waals surface area contributed by atoms with E-state index in [1.165, 1.54) is 12.4 Å². The zero-order chi connectivity index (χ0) is 11.5. The quantitative estimate of drug-likeness (QED) is 0.893. The van der Waals surface area contributed by atoms with Crippen molar-refractivity contribution in [2.24, 2.45) is 0 Å². The van der Waals surface area contributed by atoms with Crippen LogP contribution in [0, 0.1) is 0 Å². The SMILES string of the molecule is CCCOc1ncnc2c(O)ccc(Cl)c12. The van der Waals surface area contributed by atoms with E-state index in [1.54, 1.807) is 6.07 Å². The van der Waals surface area contributed by atoms with Crippen LogP contribution in [0.5, 0.6) is 11.6 Å². The first kappa shape index (κ1) is 11.0. The number of fused-ring (bicyclic) bond motifs is 1. The summed E-state index contributed by atoms with van der Waals surface area (Å²) in [6.45, 7) is 2.56. The smallest absolute Gasteiger partial charge is 0.226 e. The molecule has 0 fully saturated rings. The van der Waals surface area contributed by atoms with E-state index in [9.17, 15) is 5.11 Å². The Morgan fingerprint density at radius 2 is 2.19 bits per heavy atom. The number of ether oxygens (including phenoxy) is 1. The van der Waals surface area contributed by atoms with Crippen LogP contribution in [-0.2, 0) is 0 Å². The van der Waals surface area contributed by atoms with Gasteiger partial charge in [0, 0.05) is 0 Å². The number of halogens is 1. The van der Waals surface area contributed by atoms with Gasteiger partial charge in [-0.15, -0.1) is 0 Å². The normalized spacial score (nSPS) is 10.6. The number of phenolic OH excluding ortho intramolecular Hbond substituents is 1. The number of aromatic nitrogens is 2. The van der Waals surface area contributed by atoms with E-state index in [4.69, 9.17) is 16.3 Å². The van der Waals surface area contributed by atoms with Gasteiger partial charge in [0.15, 0.2) is 0 Å². The maximum Gasteiger partial charge on any atom is 0.226 e.